The highest BCUT2D eigenvalue weighted by atomic mass is 16.5. The molecular weight excluding hydrogens is 332 g/mol. The van der Waals surface area contributed by atoms with Crippen LogP contribution in [-0.4, -0.2) is 70.2 Å². The van der Waals surface area contributed by atoms with Crippen LogP contribution in [0.25, 0.3) is 0 Å². The van der Waals surface area contributed by atoms with Crippen LogP contribution in [0.4, 0.5) is 5.69 Å². The molecule has 1 aliphatic heterocycles. The number of benzene rings is 1. The zero-order valence-corrected chi connectivity index (χ0v) is 15.5. The molecule has 0 aromatic heterocycles. The van der Waals surface area contributed by atoms with Crippen LogP contribution in [0, 0.1) is 0 Å². The van der Waals surface area contributed by atoms with E-state index in [1.807, 2.05) is 19.0 Å². The van der Waals surface area contributed by atoms with Gasteiger partial charge in [-0.1, -0.05) is 18.2 Å². The Morgan fingerprint density at radius 1 is 1.19 bits per heavy atom. The smallest absolute Gasteiger partial charge is 0.309 e. The number of hydrogen-bond donors (Lipinski definition) is 2. The zero-order valence-electron chi connectivity index (χ0n) is 15.5. The normalized spacial score (nSPS) is 15.8. The van der Waals surface area contributed by atoms with Gasteiger partial charge in [-0.05, 0) is 17.7 Å². The molecule has 1 fully saturated rings. The predicted octanol–water partition coefficient (Wildman–Crippen LogP) is 0.544. The van der Waals surface area contributed by atoms with Crippen molar-refractivity contribution in [3.05, 3.63) is 42.5 Å². The molecule has 1 aromatic rings. The van der Waals surface area contributed by atoms with Crippen LogP contribution in [0.3, 0.4) is 0 Å². The van der Waals surface area contributed by atoms with Crippen LogP contribution in [0.5, 0.6) is 0 Å². The van der Waals surface area contributed by atoms with Gasteiger partial charge in [-0.2, -0.15) is 0 Å². The summed E-state index contributed by atoms with van der Waals surface area (Å²) in [6.07, 6.45) is 1.54. The lowest BCUT2D eigenvalue weighted by atomic mass is 10.0. The van der Waals surface area contributed by atoms with Crippen molar-refractivity contribution in [1.82, 2.24) is 15.5 Å². The maximum atomic E-state index is 12.0. The molecular formula is C19H28N4O3. The fourth-order valence-electron chi connectivity index (χ4n) is 2.86. The number of rotatable bonds is 7. The number of morpholine rings is 1. The van der Waals surface area contributed by atoms with Crippen molar-refractivity contribution in [2.45, 2.75) is 6.04 Å². The van der Waals surface area contributed by atoms with Gasteiger partial charge in [-0.3, -0.25) is 14.5 Å². The van der Waals surface area contributed by atoms with Crippen LogP contribution >= 0.6 is 0 Å². The summed E-state index contributed by atoms with van der Waals surface area (Å²) in [4.78, 5) is 28.1. The molecule has 26 heavy (non-hydrogen) atoms. The molecule has 0 radical (unpaired) electrons. The monoisotopic (exact) mass is 360 g/mol. The van der Waals surface area contributed by atoms with Gasteiger partial charge < -0.3 is 20.3 Å². The molecule has 0 unspecified atom stereocenters. The average molecular weight is 360 g/mol. The molecule has 1 atom stereocenters. The number of nitrogens with one attached hydrogen (secondary N) is 2. The van der Waals surface area contributed by atoms with E-state index in [4.69, 9.17) is 4.74 Å². The van der Waals surface area contributed by atoms with Gasteiger partial charge in [0, 0.05) is 46.0 Å². The molecule has 0 aliphatic carbocycles. The maximum Gasteiger partial charge on any atom is 0.309 e. The first kappa shape index (κ1) is 19.9. The van der Waals surface area contributed by atoms with Gasteiger partial charge in [0.25, 0.3) is 0 Å². The largest absolute Gasteiger partial charge is 0.379 e. The lowest BCUT2D eigenvalue weighted by Crippen LogP contribution is -2.46. The van der Waals surface area contributed by atoms with E-state index in [0.717, 1.165) is 24.3 Å². The Morgan fingerprint density at radius 2 is 1.81 bits per heavy atom. The van der Waals surface area contributed by atoms with Crippen LogP contribution in [0.15, 0.2) is 36.9 Å². The van der Waals surface area contributed by atoms with Crippen molar-refractivity contribution in [3.8, 4) is 0 Å². The molecule has 1 saturated heterocycles. The number of carbonyl (C=O) groups is 2. The predicted molar refractivity (Wildman–Crippen MR) is 102 cm³/mol. The topological polar surface area (TPSA) is 73.9 Å². The second-order valence-corrected chi connectivity index (χ2v) is 6.36. The Kier molecular flexibility index (Phi) is 7.62. The van der Waals surface area contributed by atoms with Crippen LogP contribution in [0.1, 0.15) is 11.6 Å². The summed E-state index contributed by atoms with van der Waals surface area (Å²) < 4.78 is 5.44. The first-order valence-electron chi connectivity index (χ1n) is 8.79. The van der Waals surface area contributed by atoms with E-state index in [1.165, 1.54) is 6.08 Å². The molecule has 1 aliphatic rings. The summed E-state index contributed by atoms with van der Waals surface area (Å²) in [6, 6.07) is 8.24. The van der Waals surface area contributed by atoms with E-state index < -0.39 is 11.8 Å². The minimum Gasteiger partial charge on any atom is -0.379 e. The lowest BCUT2D eigenvalue weighted by molar-refractivity contribution is -0.139. The fraction of sp³-hybridized carbons (Fsp3) is 0.474. The van der Waals surface area contributed by atoms with Gasteiger partial charge in [0.05, 0.1) is 19.3 Å². The number of ether oxygens (including phenoxy) is 1. The molecule has 142 valence electrons. The van der Waals surface area contributed by atoms with Crippen molar-refractivity contribution in [3.63, 3.8) is 0 Å². The second-order valence-electron chi connectivity index (χ2n) is 6.36. The molecule has 0 bridgehead atoms. The second kappa shape index (κ2) is 9.94. The van der Waals surface area contributed by atoms with Crippen molar-refractivity contribution >= 4 is 17.5 Å². The van der Waals surface area contributed by atoms with E-state index in [9.17, 15) is 9.59 Å². The summed E-state index contributed by atoms with van der Waals surface area (Å²) in [5.41, 5.74) is 2.21. The quantitative estimate of drug-likeness (QED) is 0.549. The third-order valence-electron chi connectivity index (χ3n) is 4.35. The fourth-order valence-corrected chi connectivity index (χ4v) is 2.86. The molecule has 0 spiro atoms. The minimum absolute atomic E-state index is 0.00809. The number of amides is 2. The number of hydrogen-bond acceptors (Lipinski definition) is 5. The first-order chi connectivity index (χ1) is 12.5. The zero-order chi connectivity index (χ0) is 18.9. The van der Waals surface area contributed by atoms with Crippen LogP contribution < -0.4 is 15.5 Å². The molecule has 2 N–H and O–H groups in total. The van der Waals surface area contributed by atoms with E-state index >= 15 is 0 Å². The molecule has 7 heteroatoms. The number of carbonyl (C=O) groups excluding carboxylic acids is 2. The third kappa shape index (κ3) is 5.57. The Labute approximate surface area is 155 Å². The highest BCUT2D eigenvalue weighted by Gasteiger charge is 2.24. The Bertz CT molecular complexity index is 610. The van der Waals surface area contributed by atoms with E-state index in [2.05, 4.69) is 46.4 Å². The van der Waals surface area contributed by atoms with Crippen molar-refractivity contribution < 1.29 is 14.3 Å². The summed E-state index contributed by atoms with van der Waals surface area (Å²) in [6.45, 7) is 7.06. The molecule has 1 heterocycles. The summed E-state index contributed by atoms with van der Waals surface area (Å²) in [5, 5.41) is 5.23. The molecule has 2 amide bonds. The van der Waals surface area contributed by atoms with Crippen LogP contribution in [0.2, 0.25) is 0 Å². The van der Waals surface area contributed by atoms with Gasteiger partial charge in [0.15, 0.2) is 0 Å². The third-order valence-corrected chi connectivity index (χ3v) is 4.35. The SMILES string of the molecule is C=CCNC(=O)C(=O)NC[C@H](c1ccc(N(C)C)cc1)N1CCOCC1. The summed E-state index contributed by atoms with van der Waals surface area (Å²) >= 11 is 0. The highest BCUT2D eigenvalue weighted by Crippen LogP contribution is 2.23. The Morgan fingerprint density at radius 3 is 2.38 bits per heavy atom. The van der Waals surface area contributed by atoms with Crippen molar-refractivity contribution in [1.29, 1.82) is 0 Å². The van der Waals surface area contributed by atoms with Gasteiger partial charge in [-0.15, -0.1) is 6.58 Å². The Hall–Kier alpha value is -2.38. The average Bonchev–Trinajstić information content (AvgIpc) is 2.67. The van der Waals surface area contributed by atoms with Gasteiger partial charge >= 0.3 is 11.8 Å². The van der Waals surface area contributed by atoms with Crippen molar-refractivity contribution in [2.24, 2.45) is 0 Å². The molecule has 1 aromatic carbocycles. The van der Waals surface area contributed by atoms with Crippen LogP contribution in [-0.2, 0) is 14.3 Å². The van der Waals surface area contributed by atoms with Gasteiger partial charge in [-0.25, -0.2) is 0 Å². The highest BCUT2D eigenvalue weighted by molar-refractivity contribution is 6.35. The summed E-state index contributed by atoms with van der Waals surface area (Å²) in [7, 11) is 3.99. The Balaban J connectivity index is 2.07. The lowest BCUT2D eigenvalue weighted by Gasteiger charge is -2.35. The number of anilines is 1. The standard InChI is InChI=1S/C19H28N4O3/c1-4-9-20-18(24)19(25)21-14-17(23-10-12-26-13-11-23)15-5-7-16(8-6-15)22(2)3/h4-8,17H,1,9-14H2,2-3H3,(H,20,24)(H,21,25)/t17-/m1/s1. The minimum atomic E-state index is -0.645. The molecule has 2 rings (SSSR count). The van der Waals surface area contributed by atoms with Gasteiger partial charge in [0.1, 0.15) is 0 Å². The first-order valence-corrected chi connectivity index (χ1v) is 8.79. The van der Waals surface area contributed by atoms with Gasteiger partial charge in [0.2, 0.25) is 0 Å². The summed E-state index contributed by atoms with van der Waals surface area (Å²) in [5.74, 6) is -1.27. The van der Waals surface area contributed by atoms with Crippen molar-refractivity contribution in [2.75, 3.05) is 58.4 Å². The van der Waals surface area contributed by atoms with E-state index in [1.54, 1.807) is 0 Å². The van der Waals surface area contributed by atoms with E-state index in [-0.39, 0.29) is 12.6 Å². The van der Waals surface area contributed by atoms with E-state index in [0.29, 0.717) is 19.8 Å². The molecule has 0 saturated carbocycles. The molecule has 7 nitrogen and oxygen atoms in total. The maximum absolute atomic E-state index is 12.0. The number of nitrogens with zero attached hydrogens (tertiary/aromatic N) is 2.